The smallest absolute Gasteiger partial charge is 0.273 e. The molecule has 2 N–H and O–H groups in total. The Bertz CT molecular complexity index is 658. The van der Waals surface area contributed by atoms with Gasteiger partial charge in [-0.05, 0) is 19.1 Å². The van der Waals surface area contributed by atoms with E-state index in [4.69, 9.17) is 15.2 Å². The monoisotopic (exact) mass is 289 g/mol. The Balaban J connectivity index is 2.38. The molecule has 1 atom stereocenters. The zero-order valence-electron chi connectivity index (χ0n) is 11.6. The van der Waals surface area contributed by atoms with Crippen molar-refractivity contribution < 1.29 is 14.4 Å². The molecule has 0 saturated carbocycles. The van der Waals surface area contributed by atoms with Crippen LogP contribution in [0.15, 0.2) is 36.5 Å². The van der Waals surface area contributed by atoms with Crippen molar-refractivity contribution in [1.29, 1.82) is 0 Å². The zero-order valence-corrected chi connectivity index (χ0v) is 11.6. The number of ether oxygens (including phenoxy) is 2. The fraction of sp³-hybridized carbons (Fsp3) is 0.214. The highest BCUT2D eigenvalue weighted by Crippen LogP contribution is 2.35. The molecule has 0 fully saturated rings. The van der Waals surface area contributed by atoms with E-state index in [0.29, 0.717) is 11.6 Å². The van der Waals surface area contributed by atoms with Gasteiger partial charge in [0.05, 0.1) is 18.1 Å². The minimum atomic E-state index is -0.500. The van der Waals surface area contributed by atoms with Gasteiger partial charge in [0, 0.05) is 23.9 Å². The topological polar surface area (TPSA) is 101 Å². The lowest BCUT2D eigenvalue weighted by molar-refractivity contribution is -0.384. The van der Waals surface area contributed by atoms with Crippen molar-refractivity contribution in [3.05, 3.63) is 52.2 Å². The number of aromatic nitrogens is 1. The highest BCUT2D eigenvalue weighted by Gasteiger charge is 2.16. The maximum absolute atomic E-state index is 10.8. The normalized spacial score (nSPS) is 11.8. The summed E-state index contributed by atoms with van der Waals surface area (Å²) in [6.45, 7) is 1.82. The molecule has 0 radical (unpaired) electrons. The third-order valence-corrected chi connectivity index (χ3v) is 2.86. The van der Waals surface area contributed by atoms with Crippen LogP contribution in [-0.2, 0) is 0 Å². The van der Waals surface area contributed by atoms with E-state index in [1.807, 2.05) is 13.0 Å². The van der Waals surface area contributed by atoms with Gasteiger partial charge < -0.3 is 15.2 Å². The number of nitrogens with two attached hydrogens (primary N) is 1. The first-order valence-corrected chi connectivity index (χ1v) is 6.23. The van der Waals surface area contributed by atoms with Crippen molar-refractivity contribution in [3.8, 4) is 17.4 Å². The van der Waals surface area contributed by atoms with Gasteiger partial charge in [0.2, 0.25) is 5.88 Å². The molecule has 0 bridgehead atoms. The average molecular weight is 289 g/mol. The molecule has 7 nitrogen and oxygen atoms in total. The molecule has 0 amide bonds. The molecule has 0 saturated heterocycles. The second-order valence-corrected chi connectivity index (χ2v) is 4.38. The van der Waals surface area contributed by atoms with Crippen molar-refractivity contribution in [2.24, 2.45) is 5.73 Å². The lowest BCUT2D eigenvalue weighted by atomic mass is 10.1. The Kier molecular flexibility index (Phi) is 4.34. The third kappa shape index (κ3) is 3.26. The second-order valence-electron chi connectivity index (χ2n) is 4.38. The van der Waals surface area contributed by atoms with Crippen LogP contribution in [0, 0.1) is 10.1 Å². The summed E-state index contributed by atoms with van der Waals surface area (Å²) >= 11 is 0. The minimum absolute atomic E-state index is 0.0763. The molecule has 1 heterocycles. The first kappa shape index (κ1) is 14.7. The number of rotatable bonds is 5. The van der Waals surface area contributed by atoms with E-state index < -0.39 is 4.92 Å². The van der Waals surface area contributed by atoms with Crippen molar-refractivity contribution in [2.45, 2.75) is 13.0 Å². The van der Waals surface area contributed by atoms with Crippen LogP contribution >= 0.6 is 0 Å². The number of hydrogen-bond acceptors (Lipinski definition) is 6. The van der Waals surface area contributed by atoms with Crippen molar-refractivity contribution in [1.82, 2.24) is 4.98 Å². The van der Waals surface area contributed by atoms with Gasteiger partial charge in [0.25, 0.3) is 5.69 Å². The van der Waals surface area contributed by atoms with E-state index in [1.165, 1.54) is 25.3 Å². The van der Waals surface area contributed by atoms with Crippen LogP contribution in [0.2, 0.25) is 0 Å². The van der Waals surface area contributed by atoms with E-state index in [1.54, 1.807) is 12.3 Å². The van der Waals surface area contributed by atoms with Crippen LogP contribution in [0.1, 0.15) is 18.5 Å². The van der Waals surface area contributed by atoms with Gasteiger partial charge in [0.1, 0.15) is 0 Å². The molecule has 2 rings (SSSR count). The molecular weight excluding hydrogens is 274 g/mol. The van der Waals surface area contributed by atoms with E-state index in [0.717, 1.165) is 5.56 Å². The summed E-state index contributed by atoms with van der Waals surface area (Å²) in [5.41, 5.74) is 6.52. The number of nitro benzene ring substituents is 1. The Morgan fingerprint density at radius 1 is 1.33 bits per heavy atom. The van der Waals surface area contributed by atoms with Gasteiger partial charge in [-0.15, -0.1) is 0 Å². The quantitative estimate of drug-likeness (QED) is 0.671. The molecule has 1 unspecified atom stereocenters. The first-order chi connectivity index (χ1) is 10.0. The highest BCUT2D eigenvalue weighted by atomic mass is 16.6. The predicted octanol–water partition coefficient (Wildman–Crippen LogP) is 2.81. The van der Waals surface area contributed by atoms with E-state index >= 15 is 0 Å². The number of benzene rings is 1. The van der Waals surface area contributed by atoms with Crippen LogP contribution in [0.4, 0.5) is 5.69 Å². The highest BCUT2D eigenvalue weighted by molar-refractivity contribution is 5.50. The van der Waals surface area contributed by atoms with Crippen molar-refractivity contribution >= 4 is 5.69 Å². The molecule has 21 heavy (non-hydrogen) atoms. The summed E-state index contributed by atoms with van der Waals surface area (Å²) in [6, 6.07) is 7.42. The van der Waals surface area contributed by atoms with Gasteiger partial charge >= 0.3 is 0 Å². The Labute approximate surface area is 121 Å². The third-order valence-electron chi connectivity index (χ3n) is 2.86. The van der Waals surface area contributed by atoms with Crippen LogP contribution in [0.5, 0.6) is 17.4 Å². The van der Waals surface area contributed by atoms with Gasteiger partial charge in [-0.1, -0.05) is 6.07 Å². The van der Waals surface area contributed by atoms with E-state index in [-0.39, 0.29) is 17.5 Å². The van der Waals surface area contributed by atoms with Gasteiger partial charge in [-0.25, -0.2) is 4.98 Å². The van der Waals surface area contributed by atoms with Gasteiger partial charge in [0.15, 0.2) is 11.5 Å². The molecule has 1 aromatic carbocycles. The van der Waals surface area contributed by atoms with Crippen LogP contribution in [0.25, 0.3) is 0 Å². The fourth-order valence-electron chi connectivity index (χ4n) is 1.79. The number of non-ortho nitro benzene ring substituents is 1. The van der Waals surface area contributed by atoms with Crippen molar-refractivity contribution in [3.63, 3.8) is 0 Å². The summed E-state index contributed by atoms with van der Waals surface area (Å²) in [6.07, 6.45) is 1.58. The SMILES string of the molecule is COc1cc([N+](=O)[O-])ccc1Oc1ncccc1C(C)N. The average Bonchev–Trinajstić information content (AvgIpc) is 2.47. The molecule has 7 heteroatoms. The predicted molar refractivity (Wildman–Crippen MR) is 76.6 cm³/mol. The summed E-state index contributed by atoms with van der Waals surface area (Å²) in [7, 11) is 1.41. The first-order valence-electron chi connectivity index (χ1n) is 6.23. The number of pyridine rings is 1. The van der Waals surface area contributed by atoms with Crippen LogP contribution in [0.3, 0.4) is 0 Å². The summed E-state index contributed by atoms with van der Waals surface area (Å²) in [4.78, 5) is 14.4. The summed E-state index contributed by atoms with van der Waals surface area (Å²) < 4.78 is 10.8. The standard InChI is InChI=1S/C14H15N3O4/c1-9(15)11-4-3-7-16-14(11)21-12-6-5-10(17(18)19)8-13(12)20-2/h3-9H,15H2,1-2H3. The van der Waals surface area contributed by atoms with E-state index in [9.17, 15) is 10.1 Å². The number of hydrogen-bond donors (Lipinski definition) is 1. The Morgan fingerprint density at radius 3 is 2.71 bits per heavy atom. The Morgan fingerprint density at radius 2 is 2.10 bits per heavy atom. The molecule has 110 valence electrons. The lowest BCUT2D eigenvalue weighted by Gasteiger charge is -2.14. The van der Waals surface area contributed by atoms with Crippen LogP contribution in [-0.4, -0.2) is 17.0 Å². The molecule has 0 aliphatic rings. The minimum Gasteiger partial charge on any atom is -0.493 e. The maximum atomic E-state index is 10.8. The van der Waals surface area contributed by atoms with Gasteiger partial charge in [-0.2, -0.15) is 0 Å². The van der Waals surface area contributed by atoms with Gasteiger partial charge in [-0.3, -0.25) is 10.1 Å². The molecule has 0 aliphatic heterocycles. The second kappa shape index (κ2) is 6.19. The Hall–Kier alpha value is -2.67. The number of methoxy groups -OCH3 is 1. The number of nitro groups is 1. The van der Waals surface area contributed by atoms with E-state index in [2.05, 4.69) is 4.98 Å². The molecular formula is C14H15N3O4. The number of nitrogens with zero attached hydrogens (tertiary/aromatic N) is 2. The lowest BCUT2D eigenvalue weighted by Crippen LogP contribution is -2.07. The zero-order chi connectivity index (χ0) is 15.4. The van der Waals surface area contributed by atoms with Crippen molar-refractivity contribution in [2.75, 3.05) is 7.11 Å². The fourth-order valence-corrected chi connectivity index (χ4v) is 1.79. The maximum Gasteiger partial charge on any atom is 0.273 e. The summed E-state index contributed by atoms with van der Waals surface area (Å²) in [5.74, 6) is 0.939. The molecule has 1 aromatic heterocycles. The van der Waals surface area contributed by atoms with Crippen LogP contribution < -0.4 is 15.2 Å². The molecule has 0 spiro atoms. The molecule has 2 aromatic rings. The molecule has 0 aliphatic carbocycles. The summed E-state index contributed by atoms with van der Waals surface area (Å²) in [5, 5.41) is 10.8. The largest absolute Gasteiger partial charge is 0.493 e.